The van der Waals surface area contributed by atoms with Crippen LogP contribution in [0.4, 0.5) is 0 Å². The van der Waals surface area contributed by atoms with Gasteiger partial charge in [-0.25, -0.2) is 0 Å². The van der Waals surface area contributed by atoms with Crippen LogP contribution in [0.15, 0.2) is 12.3 Å². The molecule has 0 spiro atoms. The highest BCUT2D eigenvalue weighted by atomic mass is 16.3. The Kier molecular flexibility index (Phi) is 4.36. The summed E-state index contributed by atoms with van der Waals surface area (Å²) in [5.41, 5.74) is 2.66. The molecule has 1 N–H and O–H groups in total. The van der Waals surface area contributed by atoms with E-state index in [9.17, 15) is 0 Å². The molecule has 15 heavy (non-hydrogen) atoms. The lowest BCUT2D eigenvalue weighted by atomic mass is 10.2. The van der Waals surface area contributed by atoms with Crippen LogP contribution in [0.1, 0.15) is 25.1 Å². The number of hydrogen-bond acceptors (Lipinski definition) is 2. The van der Waals surface area contributed by atoms with E-state index in [1.807, 2.05) is 13.8 Å². The molecule has 0 aliphatic carbocycles. The van der Waals surface area contributed by atoms with Gasteiger partial charge in [0.2, 0.25) is 0 Å². The van der Waals surface area contributed by atoms with Crippen molar-refractivity contribution < 1.29 is 5.11 Å². The molecule has 1 aliphatic rings. The minimum Gasteiger partial charge on any atom is -0.395 e. The Balaban J connectivity index is 0.000000531. The third kappa shape index (κ3) is 2.61. The minimum atomic E-state index is 0.243. The first-order valence-electron chi connectivity index (χ1n) is 5.67. The molecule has 0 fully saturated rings. The third-order valence-electron chi connectivity index (χ3n) is 2.78. The molecule has 2 rings (SSSR count). The summed E-state index contributed by atoms with van der Waals surface area (Å²) >= 11 is 0. The van der Waals surface area contributed by atoms with Gasteiger partial charge < -0.3 is 9.67 Å². The molecule has 1 aromatic heterocycles. The van der Waals surface area contributed by atoms with Crippen LogP contribution in [0.3, 0.4) is 0 Å². The van der Waals surface area contributed by atoms with Crippen LogP contribution in [0, 0.1) is 6.92 Å². The van der Waals surface area contributed by atoms with E-state index >= 15 is 0 Å². The largest absolute Gasteiger partial charge is 0.395 e. The summed E-state index contributed by atoms with van der Waals surface area (Å²) in [6.45, 7) is 8.21. The Bertz CT molecular complexity index is 307. The topological polar surface area (TPSA) is 28.4 Å². The third-order valence-corrected chi connectivity index (χ3v) is 2.78. The van der Waals surface area contributed by atoms with E-state index in [0.717, 1.165) is 13.1 Å². The fourth-order valence-electron chi connectivity index (χ4n) is 1.97. The van der Waals surface area contributed by atoms with Crippen LogP contribution in [0.5, 0.6) is 0 Å². The Morgan fingerprint density at radius 2 is 2.13 bits per heavy atom. The molecule has 0 unspecified atom stereocenters. The van der Waals surface area contributed by atoms with Crippen LogP contribution < -0.4 is 0 Å². The number of rotatable bonds is 1. The van der Waals surface area contributed by atoms with E-state index in [-0.39, 0.29) is 12.6 Å². The van der Waals surface area contributed by atoms with Crippen molar-refractivity contribution >= 4 is 0 Å². The van der Waals surface area contributed by atoms with Gasteiger partial charge in [-0.3, -0.25) is 4.90 Å². The van der Waals surface area contributed by atoms with Crippen molar-refractivity contribution in [3.63, 3.8) is 0 Å². The number of aliphatic hydroxyl groups excluding tert-OH is 1. The van der Waals surface area contributed by atoms with Gasteiger partial charge in [0.05, 0.1) is 12.6 Å². The molecular formula is C12H22N2O. The summed E-state index contributed by atoms with van der Waals surface area (Å²) in [4.78, 5) is 2.20. The second kappa shape index (κ2) is 5.33. The Morgan fingerprint density at radius 1 is 1.47 bits per heavy atom. The summed E-state index contributed by atoms with van der Waals surface area (Å²) in [7, 11) is 2.06. The standard InChI is InChI=1S/C10H16N2O.C2H6/c1-8-3-9-5-11(2)10(7-13)6-12(9)4-8;1-2/h3-4,10,13H,5-7H2,1-2H3;1-2H3/t10-;/m1./s1. The quantitative estimate of drug-likeness (QED) is 0.763. The molecule has 0 amide bonds. The summed E-state index contributed by atoms with van der Waals surface area (Å²) in [6.07, 6.45) is 2.16. The summed E-state index contributed by atoms with van der Waals surface area (Å²) < 4.78 is 2.25. The van der Waals surface area contributed by atoms with Gasteiger partial charge in [0.15, 0.2) is 0 Å². The highest BCUT2D eigenvalue weighted by molar-refractivity contribution is 5.18. The summed E-state index contributed by atoms with van der Waals surface area (Å²) in [5, 5.41) is 9.14. The average molecular weight is 210 g/mol. The molecule has 1 aliphatic heterocycles. The Morgan fingerprint density at radius 3 is 2.73 bits per heavy atom. The smallest absolute Gasteiger partial charge is 0.0604 e. The molecule has 1 atom stereocenters. The number of aliphatic hydroxyl groups is 1. The second-order valence-corrected chi connectivity index (χ2v) is 3.91. The first-order chi connectivity index (χ1) is 7.20. The van der Waals surface area contributed by atoms with E-state index in [1.54, 1.807) is 0 Å². The van der Waals surface area contributed by atoms with Crippen LogP contribution in [0.2, 0.25) is 0 Å². The highest BCUT2D eigenvalue weighted by Crippen LogP contribution is 2.18. The number of fused-ring (bicyclic) bond motifs is 1. The lowest BCUT2D eigenvalue weighted by Gasteiger charge is -2.32. The van der Waals surface area contributed by atoms with E-state index in [1.165, 1.54) is 11.3 Å². The van der Waals surface area contributed by atoms with E-state index in [2.05, 4.69) is 35.7 Å². The number of hydrogen-bond donors (Lipinski definition) is 1. The normalized spacial score (nSPS) is 20.5. The van der Waals surface area contributed by atoms with Gasteiger partial charge in [-0.1, -0.05) is 13.8 Å². The van der Waals surface area contributed by atoms with Crippen LogP contribution in [-0.4, -0.2) is 34.3 Å². The lowest BCUT2D eigenvalue weighted by Crippen LogP contribution is -2.42. The van der Waals surface area contributed by atoms with E-state index in [0.29, 0.717) is 0 Å². The first kappa shape index (κ1) is 12.3. The molecular weight excluding hydrogens is 188 g/mol. The van der Waals surface area contributed by atoms with E-state index in [4.69, 9.17) is 5.11 Å². The Labute approximate surface area is 92.3 Å². The van der Waals surface area contributed by atoms with Gasteiger partial charge in [0.1, 0.15) is 0 Å². The zero-order valence-electron chi connectivity index (χ0n) is 10.2. The zero-order valence-corrected chi connectivity index (χ0v) is 10.2. The maximum atomic E-state index is 9.14. The zero-order chi connectivity index (χ0) is 11.4. The lowest BCUT2D eigenvalue weighted by molar-refractivity contribution is 0.107. The number of nitrogens with zero attached hydrogens (tertiary/aromatic N) is 2. The van der Waals surface area contributed by atoms with Gasteiger partial charge in [-0.2, -0.15) is 0 Å². The fraction of sp³-hybridized carbons (Fsp3) is 0.667. The molecule has 2 heterocycles. The maximum Gasteiger partial charge on any atom is 0.0604 e. The van der Waals surface area contributed by atoms with Crippen molar-refractivity contribution in [2.75, 3.05) is 13.7 Å². The molecule has 0 saturated carbocycles. The van der Waals surface area contributed by atoms with Crippen molar-refractivity contribution in [2.45, 2.75) is 39.9 Å². The van der Waals surface area contributed by atoms with Crippen LogP contribution in [0.25, 0.3) is 0 Å². The van der Waals surface area contributed by atoms with Crippen molar-refractivity contribution in [1.29, 1.82) is 0 Å². The molecule has 86 valence electrons. The van der Waals surface area contributed by atoms with Crippen molar-refractivity contribution in [3.8, 4) is 0 Å². The van der Waals surface area contributed by atoms with Crippen LogP contribution in [-0.2, 0) is 13.1 Å². The van der Waals surface area contributed by atoms with Crippen molar-refractivity contribution in [2.24, 2.45) is 0 Å². The van der Waals surface area contributed by atoms with Gasteiger partial charge >= 0.3 is 0 Å². The van der Waals surface area contributed by atoms with Crippen LogP contribution >= 0.6 is 0 Å². The number of aromatic nitrogens is 1. The molecule has 1 aromatic rings. The molecule has 0 saturated heterocycles. The predicted octanol–water partition coefficient (Wildman–Crippen LogP) is 1.63. The van der Waals surface area contributed by atoms with Gasteiger partial charge in [-0.05, 0) is 25.6 Å². The van der Waals surface area contributed by atoms with Crippen molar-refractivity contribution in [3.05, 3.63) is 23.5 Å². The number of aryl methyl sites for hydroxylation is 1. The molecule has 3 nitrogen and oxygen atoms in total. The SMILES string of the molecule is CC.Cc1cc2n(c1)C[C@H](CO)N(C)C2. The highest BCUT2D eigenvalue weighted by Gasteiger charge is 2.22. The number of likely N-dealkylation sites (N-methyl/N-ethyl adjacent to an activating group) is 1. The maximum absolute atomic E-state index is 9.14. The van der Waals surface area contributed by atoms with Gasteiger partial charge in [0, 0.05) is 25.0 Å². The fourth-order valence-corrected chi connectivity index (χ4v) is 1.97. The molecule has 0 radical (unpaired) electrons. The average Bonchev–Trinajstić information content (AvgIpc) is 2.59. The molecule has 3 heteroatoms. The monoisotopic (exact) mass is 210 g/mol. The van der Waals surface area contributed by atoms with Crippen molar-refractivity contribution in [1.82, 2.24) is 9.47 Å². The minimum absolute atomic E-state index is 0.243. The summed E-state index contributed by atoms with van der Waals surface area (Å²) in [6, 6.07) is 2.49. The van der Waals surface area contributed by atoms with Gasteiger partial charge in [0.25, 0.3) is 0 Å². The molecule has 0 aromatic carbocycles. The Hall–Kier alpha value is -0.800. The first-order valence-corrected chi connectivity index (χ1v) is 5.67. The van der Waals surface area contributed by atoms with Gasteiger partial charge in [-0.15, -0.1) is 0 Å². The summed E-state index contributed by atoms with van der Waals surface area (Å²) in [5.74, 6) is 0. The second-order valence-electron chi connectivity index (χ2n) is 3.91. The predicted molar refractivity (Wildman–Crippen MR) is 62.9 cm³/mol. The molecule has 0 bridgehead atoms. The van der Waals surface area contributed by atoms with E-state index < -0.39 is 0 Å².